The molecule has 0 bridgehead atoms. The highest BCUT2D eigenvalue weighted by Gasteiger charge is 2.31. The van der Waals surface area contributed by atoms with Crippen molar-refractivity contribution >= 4 is 46.7 Å². The fourth-order valence-corrected chi connectivity index (χ4v) is 3.92. The van der Waals surface area contributed by atoms with Gasteiger partial charge in [-0.15, -0.1) is 0 Å². The molecular formula is C26H21ClN2O6. The number of benzene rings is 3. The lowest BCUT2D eigenvalue weighted by Crippen LogP contribution is -2.29. The van der Waals surface area contributed by atoms with E-state index in [1.165, 1.54) is 25.3 Å². The van der Waals surface area contributed by atoms with Crippen molar-refractivity contribution in [1.29, 1.82) is 0 Å². The molecule has 9 heteroatoms. The number of hydrogen-bond donors (Lipinski definition) is 1. The topological polar surface area (TPSA) is 102 Å². The van der Waals surface area contributed by atoms with E-state index >= 15 is 0 Å². The van der Waals surface area contributed by atoms with Gasteiger partial charge in [0.25, 0.3) is 5.91 Å². The van der Waals surface area contributed by atoms with Gasteiger partial charge in [-0.3, -0.25) is 19.3 Å². The molecule has 0 aromatic heterocycles. The highest BCUT2D eigenvalue weighted by Crippen LogP contribution is 2.29. The minimum atomic E-state index is -1.27. The summed E-state index contributed by atoms with van der Waals surface area (Å²) in [5.41, 5.74) is 1.22. The molecule has 8 nitrogen and oxygen atoms in total. The van der Waals surface area contributed by atoms with E-state index in [1.54, 1.807) is 54.6 Å². The summed E-state index contributed by atoms with van der Waals surface area (Å²) in [4.78, 5) is 51.4. The molecule has 3 amide bonds. The van der Waals surface area contributed by atoms with Crippen LogP contribution in [0.4, 0.5) is 11.4 Å². The Morgan fingerprint density at radius 2 is 1.66 bits per heavy atom. The van der Waals surface area contributed by atoms with Crippen LogP contribution in [0.3, 0.4) is 0 Å². The highest BCUT2D eigenvalue weighted by molar-refractivity contribution is 6.32. The van der Waals surface area contributed by atoms with E-state index in [0.717, 1.165) is 4.90 Å². The Hall–Kier alpha value is -4.17. The van der Waals surface area contributed by atoms with Gasteiger partial charge in [-0.1, -0.05) is 48.0 Å². The first-order valence-corrected chi connectivity index (χ1v) is 11.1. The zero-order valence-electron chi connectivity index (χ0n) is 18.7. The second kappa shape index (κ2) is 10.4. The predicted octanol–water partition coefficient (Wildman–Crippen LogP) is 4.54. The molecule has 0 saturated carbocycles. The van der Waals surface area contributed by atoms with E-state index in [-0.39, 0.29) is 35.9 Å². The van der Waals surface area contributed by atoms with Crippen LogP contribution in [0.15, 0.2) is 72.8 Å². The molecule has 0 aliphatic carbocycles. The van der Waals surface area contributed by atoms with Crippen molar-refractivity contribution in [3.63, 3.8) is 0 Å². The Balaban J connectivity index is 1.57. The number of anilines is 2. The van der Waals surface area contributed by atoms with Crippen molar-refractivity contribution in [2.45, 2.75) is 18.9 Å². The zero-order valence-corrected chi connectivity index (χ0v) is 19.5. The number of imide groups is 1. The number of ether oxygens (including phenoxy) is 2. The summed E-state index contributed by atoms with van der Waals surface area (Å²) in [6.45, 7) is 0. The minimum Gasteiger partial charge on any atom is -0.495 e. The van der Waals surface area contributed by atoms with Crippen LogP contribution in [0.25, 0.3) is 0 Å². The van der Waals surface area contributed by atoms with Gasteiger partial charge < -0.3 is 14.8 Å². The van der Waals surface area contributed by atoms with Crippen molar-refractivity contribution in [1.82, 2.24) is 0 Å². The van der Waals surface area contributed by atoms with Crippen molar-refractivity contribution in [3.05, 3.63) is 88.9 Å². The van der Waals surface area contributed by atoms with Crippen LogP contribution in [-0.4, -0.2) is 30.8 Å². The number of hydrogen-bond acceptors (Lipinski definition) is 6. The first-order chi connectivity index (χ1) is 16.9. The van der Waals surface area contributed by atoms with Gasteiger partial charge in [0.15, 0.2) is 0 Å². The minimum absolute atomic E-state index is 0.0937. The van der Waals surface area contributed by atoms with Crippen LogP contribution >= 0.6 is 11.6 Å². The highest BCUT2D eigenvalue weighted by atomic mass is 35.5. The van der Waals surface area contributed by atoms with Gasteiger partial charge in [0.2, 0.25) is 17.9 Å². The first-order valence-electron chi connectivity index (χ1n) is 10.7. The SMILES string of the molecule is COc1ccc(NC(=O)C(OC(=O)c2cccc(N3C(=O)CCC3=O)c2)c2ccccc2)cc1Cl. The third kappa shape index (κ3) is 5.33. The zero-order chi connectivity index (χ0) is 24.9. The number of carbonyl (C=O) groups excluding carboxylic acids is 4. The lowest BCUT2D eigenvalue weighted by atomic mass is 10.1. The lowest BCUT2D eigenvalue weighted by Gasteiger charge is -2.19. The maximum absolute atomic E-state index is 13.1. The molecule has 0 spiro atoms. The molecule has 1 atom stereocenters. The van der Waals surface area contributed by atoms with Crippen LogP contribution < -0.4 is 15.0 Å². The van der Waals surface area contributed by atoms with Crippen molar-refractivity contribution in [3.8, 4) is 5.75 Å². The second-order valence-corrected chi connectivity index (χ2v) is 8.12. The van der Waals surface area contributed by atoms with Crippen LogP contribution in [0.5, 0.6) is 5.75 Å². The number of carbonyl (C=O) groups is 4. The van der Waals surface area contributed by atoms with E-state index in [9.17, 15) is 19.2 Å². The van der Waals surface area contributed by atoms with Crippen molar-refractivity contribution < 1.29 is 28.7 Å². The van der Waals surface area contributed by atoms with Crippen LogP contribution in [0.2, 0.25) is 5.02 Å². The van der Waals surface area contributed by atoms with Gasteiger partial charge in [0, 0.05) is 24.1 Å². The van der Waals surface area contributed by atoms with E-state index in [2.05, 4.69) is 5.32 Å². The first kappa shape index (κ1) is 24.0. The molecule has 1 aliphatic rings. The maximum atomic E-state index is 13.1. The summed E-state index contributed by atoms with van der Waals surface area (Å²) in [6.07, 6.45) is -1.03. The third-order valence-corrected chi connectivity index (χ3v) is 5.67. The molecule has 3 aromatic carbocycles. The second-order valence-electron chi connectivity index (χ2n) is 7.71. The average molecular weight is 493 g/mol. The van der Waals surface area contributed by atoms with Gasteiger partial charge >= 0.3 is 5.97 Å². The molecule has 1 unspecified atom stereocenters. The van der Waals surface area contributed by atoms with Gasteiger partial charge in [-0.05, 0) is 36.4 Å². The number of halogens is 1. The van der Waals surface area contributed by atoms with Crippen LogP contribution in [0, 0.1) is 0 Å². The van der Waals surface area contributed by atoms with Crippen molar-refractivity contribution in [2.75, 3.05) is 17.3 Å². The average Bonchev–Trinajstić information content (AvgIpc) is 3.20. The summed E-state index contributed by atoms with van der Waals surface area (Å²) in [7, 11) is 1.48. The number of esters is 1. The molecule has 3 aromatic rings. The molecular weight excluding hydrogens is 472 g/mol. The quantitative estimate of drug-likeness (QED) is 0.384. The normalized spacial score (nSPS) is 13.9. The van der Waals surface area contributed by atoms with Crippen LogP contribution in [0.1, 0.15) is 34.9 Å². The monoisotopic (exact) mass is 492 g/mol. The Kier molecular flexibility index (Phi) is 7.12. The summed E-state index contributed by atoms with van der Waals surface area (Å²) < 4.78 is 10.7. The van der Waals surface area contributed by atoms with Gasteiger partial charge in [0.1, 0.15) is 5.75 Å². The number of nitrogens with zero attached hydrogens (tertiary/aromatic N) is 1. The number of amides is 3. The largest absolute Gasteiger partial charge is 0.495 e. The van der Waals surface area contributed by atoms with E-state index in [4.69, 9.17) is 21.1 Å². The Morgan fingerprint density at radius 1 is 0.943 bits per heavy atom. The standard InChI is InChI=1S/C26H21ClN2O6/c1-34-21-11-10-18(15-20(21)27)28-25(32)24(16-6-3-2-4-7-16)35-26(33)17-8-5-9-19(14-17)29-22(30)12-13-23(29)31/h2-11,14-15,24H,12-13H2,1H3,(H,28,32). The molecule has 0 radical (unpaired) electrons. The van der Waals surface area contributed by atoms with E-state index in [1.807, 2.05) is 0 Å². The molecule has 1 fully saturated rings. The molecule has 1 saturated heterocycles. The maximum Gasteiger partial charge on any atom is 0.339 e. The van der Waals surface area contributed by atoms with E-state index < -0.39 is 18.0 Å². The molecule has 35 heavy (non-hydrogen) atoms. The fourth-order valence-electron chi connectivity index (χ4n) is 3.66. The lowest BCUT2D eigenvalue weighted by molar-refractivity contribution is -0.125. The summed E-state index contributed by atoms with van der Waals surface area (Å²) in [5, 5.41) is 3.01. The summed E-state index contributed by atoms with van der Waals surface area (Å²) >= 11 is 6.15. The number of methoxy groups -OCH3 is 1. The van der Waals surface area contributed by atoms with Crippen LogP contribution in [-0.2, 0) is 19.1 Å². The van der Waals surface area contributed by atoms with Gasteiger partial charge in [-0.2, -0.15) is 0 Å². The van der Waals surface area contributed by atoms with E-state index in [0.29, 0.717) is 22.0 Å². The smallest absolute Gasteiger partial charge is 0.339 e. The summed E-state index contributed by atoms with van der Waals surface area (Å²) in [5.74, 6) is -1.60. The molecule has 178 valence electrons. The molecule has 1 N–H and O–H groups in total. The van der Waals surface area contributed by atoms with Gasteiger partial charge in [0.05, 0.1) is 23.4 Å². The molecule has 1 aliphatic heterocycles. The Labute approximate surface area is 206 Å². The number of nitrogens with one attached hydrogen (secondary N) is 1. The van der Waals surface area contributed by atoms with Crippen molar-refractivity contribution in [2.24, 2.45) is 0 Å². The molecule has 4 rings (SSSR count). The Morgan fingerprint density at radius 3 is 2.31 bits per heavy atom. The Bertz CT molecular complexity index is 1280. The molecule has 1 heterocycles. The predicted molar refractivity (Wildman–Crippen MR) is 129 cm³/mol. The third-order valence-electron chi connectivity index (χ3n) is 5.38. The fraction of sp³-hybridized carbons (Fsp3) is 0.154. The van der Waals surface area contributed by atoms with Gasteiger partial charge in [-0.25, -0.2) is 4.79 Å². The summed E-state index contributed by atoms with van der Waals surface area (Å²) in [6, 6.07) is 19.3. The number of rotatable bonds is 7.